The Morgan fingerprint density at radius 2 is 1.87 bits per heavy atom. The highest BCUT2D eigenvalue weighted by Crippen LogP contribution is 2.49. The normalized spacial score (nSPS) is 31.5. The lowest BCUT2D eigenvalue weighted by atomic mass is 9.82. The van der Waals surface area contributed by atoms with Crippen molar-refractivity contribution in [3.8, 4) is 0 Å². The van der Waals surface area contributed by atoms with Crippen LogP contribution in [0.3, 0.4) is 0 Å². The van der Waals surface area contributed by atoms with E-state index in [0.717, 1.165) is 24.8 Å². The van der Waals surface area contributed by atoms with Gasteiger partial charge in [0.2, 0.25) is 5.91 Å². The number of hydrogen-bond donors (Lipinski definition) is 2. The summed E-state index contributed by atoms with van der Waals surface area (Å²) in [6.45, 7) is 4.35. The molecule has 2 fully saturated rings. The fraction of sp³-hybridized carbons (Fsp3) is 0.609. The zero-order valence-corrected chi connectivity index (χ0v) is 18.5. The molecule has 2 N–H and O–H groups in total. The van der Waals surface area contributed by atoms with Crippen LogP contribution in [-0.4, -0.2) is 54.1 Å². The van der Waals surface area contributed by atoms with Crippen molar-refractivity contribution in [1.82, 2.24) is 4.90 Å². The minimum Gasteiger partial charge on any atom is -0.481 e. The van der Waals surface area contributed by atoms with Gasteiger partial charge in [-0.1, -0.05) is 19.1 Å². The average molecular weight is 445 g/mol. The van der Waals surface area contributed by atoms with Crippen LogP contribution in [0.2, 0.25) is 0 Å². The van der Waals surface area contributed by atoms with Crippen molar-refractivity contribution in [2.24, 2.45) is 29.6 Å². The van der Waals surface area contributed by atoms with Gasteiger partial charge in [-0.3, -0.25) is 14.4 Å². The number of ether oxygens (including phenoxy) is 1. The van der Waals surface area contributed by atoms with Gasteiger partial charge in [0.05, 0.1) is 30.6 Å². The van der Waals surface area contributed by atoms with Gasteiger partial charge < -0.3 is 20.1 Å². The Kier molecular flexibility index (Phi) is 5.38. The number of carboxylic acids is 1. The summed E-state index contributed by atoms with van der Waals surface area (Å²) in [5.74, 6) is -2.08. The van der Waals surface area contributed by atoms with E-state index in [1.165, 1.54) is 16.2 Å². The summed E-state index contributed by atoms with van der Waals surface area (Å²) in [6.07, 6.45) is 7.41. The van der Waals surface area contributed by atoms with Crippen LogP contribution in [0.25, 0.3) is 0 Å². The van der Waals surface area contributed by atoms with E-state index in [0.29, 0.717) is 49.2 Å². The smallest absolute Gasteiger partial charge is 0.307 e. The molecule has 2 bridgehead atoms. The number of carbonyl (C=O) groups excluding carboxylic acids is 2. The lowest BCUT2D eigenvalue weighted by Gasteiger charge is -2.28. The van der Waals surface area contributed by atoms with E-state index >= 15 is 0 Å². The van der Waals surface area contributed by atoms with Crippen LogP contribution < -0.4 is 5.32 Å². The van der Waals surface area contributed by atoms with E-state index < -0.39 is 17.8 Å². The predicted molar refractivity (Wildman–Crippen MR) is 116 cm³/mol. The zero-order valence-electron chi connectivity index (χ0n) is 17.6. The van der Waals surface area contributed by atoms with Crippen molar-refractivity contribution in [3.05, 3.63) is 28.2 Å². The number of fused-ring (bicyclic) bond motifs is 3. The fourth-order valence-electron chi connectivity index (χ4n) is 5.70. The minimum atomic E-state index is -0.916. The highest BCUT2D eigenvalue weighted by atomic mass is 32.1. The molecule has 5 unspecified atom stereocenters. The van der Waals surface area contributed by atoms with Gasteiger partial charge in [-0.05, 0) is 49.0 Å². The number of carboxylic acid groups (broad SMARTS) is 1. The van der Waals surface area contributed by atoms with Crippen molar-refractivity contribution in [2.75, 3.05) is 31.6 Å². The van der Waals surface area contributed by atoms with E-state index in [1.54, 1.807) is 4.90 Å². The number of allylic oxidation sites excluding steroid dienone is 2. The third kappa shape index (κ3) is 3.59. The minimum absolute atomic E-state index is 0.0425. The van der Waals surface area contributed by atoms with Crippen LogP contribution in [0.4, 0.5) is 5.00 Å². The number of morpholine rings is 1. The quantitative estimate of drug-likeness (QED) is 0.697. The van der Waals surface area contributed by atoms with Gasteiger partial charge in [0, 0.05) is 18.0 Å². The maximum absolute atomic E-state index is 13.5. The molecule has 5 atom stereocenters. The van der Waals surface area contributed by atoms with Crippen molar-refractivity contribution in [2.45, 2.75) is 32.6 Å². The largest absolute Gasteiger partial charge is 0.481 e. The van der Waals surface area contributed by atoms with Crippen LogP contribution in [-0.2, 0) is 27.2 Å². The van der Waals surface area contributed by atoms with E-state index in [9.17, 15) is 19.5 Å². The number of nitrogens with one attached hydrogen (secondary N) is 1. The first-order valence-electron chi connectivity index (χ1n) is 11.2. The Morgan fingerprint density at radius 3 is 2.58 bits per heavy atom. The van der Waals surface area contributed by atoms with E-state index in [1.807, 2.05) is 12.2 Å². The van der Waals surface area contributed by atoms with Gasteiger partial charge in [0.1, 0.15) is 5.00 Å². The molecule has 5 rings (SSSR count). The standard InChI is InChI=1S/C23H28N2O5S/c1-12-2-5-15-16(10-12)31-21(19(15)22(27)25-6-8-30-9-7-25)24-20(26)17-13-3-4-14(11-13)18(17)23(28)29/h3-4,12-14,17-18H,2,5-11H2,1H3,(H,24,26)(H,28,29). The van der Waals surface area contributed by atoms with Crippen LogP contribution in [0.15, 0.2) is 12.2 Å². The number of rotatable bonds is 4. The summed E-state index contributed by atoms with van der Waals surface area (Å²) in [5.41, 5.74) is 1.69. The van der Waals surface area contributed by atoms with Gasteiger partial charge in [0.25, 0.3) is 5.91 Å². The molecule has 3 aliphatic carbocycles. The molecular weight excluding hydrogens is 416 g/mol. The molecule has 166 valence electrons. The Bertz CT molecular complexity index is 948. The van der Waals surface area contributed by atoms with E-state index in [2.05, 4.69) is 12.2 Å². The molecule has 7 nitrogen and oxygen atoms in total. The van der Waals surface area contributed by atoms with Gasteiger partial charge in [-0.15, -0.1) is 11.3 Å². The van der Waals surface area contributed by atoms with Gasteiger partial charge in [-0.2, -0.15) is 0 Å². The first kappa shape index (κ1) is 20.7. The molecule has 1 saturated carbocycles. The molecule has 0 radical (unpaired) electrons. The van der Waals surface area contributed by atoms with Crippen molar-refractivity contribution < 1.29 is 24.2 Å². The van der Waals surface area contributed by atoms with Crippen LogP contribution in [0.5, 0.6) is 0 Å². The summed E-state index contributed by atoms with van der Waals surface area (Å²) >= 11 is 1.50. The lowest BCUT2D eigenvalue weighted by molar-refractivity contribution is -0.146. The third-order valence-corrected chi connectivity index (χ3v) is 8.48. The first-order chi connectivity index (χ1) is 14.9. The third-order valence-electron chi connectivity index (χ3n) is 7.31. The second-order valence-electron chi connectivity index (χ2n) is 9.29. The summed E-state index contributed by atoms with van der Waals surface area (Å²) < 4.78 is 5.40. The van der Waals surface area contributed by atoms with Crippen molar-refractivity contribution in [3.63, 3.8) is 0 Å². The maximum Gasteiger partial charge on any atom is 0.307 e. The van der Waals surface area contributed by atoms with Crippen LogP contribution in [0, 0.1) is 29.6 Å². The predicted octanol–water partition coefficient (Wildman–Crippen LogP) is 2.81. The lowest BCUT2D eigenvalue weighted by Crippen LogP contribution is -2.41. The Balaban J connectivity index is 1.46. The Labute approximate surface area is 185 Å². The molecule has 8 heteroatoms. The Hall–Kier alpha value is -2.19. The average Bonchev–Trinajstić information content (AvgIpc) is 3.46. The number of hydrogen-bond acceptors (Lipinski definition) is 5. The molecule has 1 saturated heterocycles. The highest BCUT2D eigenvalue weighted by molar-refractivity contribution is 7.17. The SMILES string of the molecule is CC1CCc2c(sc(NC(=O)C3C4C=CC(C4)C3C(=O)O)c2C(=O)N2CCOCC2)C1. The molecule has 1 aromatic heterocycles. The van der Waals surface area contributed by atoms with Gasteiger partial charge in [-0.25, -0.2) is 0 Å². The van der Waals surface area contributed by atoms with Crippen molar-refractivity contribution in [1.29, 1.82) is 0 Å². The van der Waals surface area contributed by atoms with E-state index in [-0.39, 0.29) is 23.7 Å². The molecule has 0 aromatic carbocycles. The van der Waals surface area contributed by atoms with Crippen molar-refractivity contribution >= 4 is 34.1 Å². The van der Waals surface area contributed by atoms with Crippen LogP contribution >= 0.6 is 11.3 Å². The molecule has 31 heavy (non-hydrogen) atoms. The zero-order chi connectivity index (χ0) is 21.7. The second kappa shape index (κ2) is 8.06. The number of aliphatic carboxylic acids is 1. The molecule has 4 aliphatic rings. The van der Waals surface area contributed by atoms with Gasteiger partial charge in [0.15, 0.2) is 0 Å². The summed E-state index contributed by atoms with van der Waals surface area (Å²) in [4.78, 5) is 41.6. The number of amides is 2. The summed E-state index contributed by atoms with van der Waals surface area (Å²) in [5, 5.41) is 13.3. The molecular formula is C23H28N2O5S. The monoisotopic (exact) mass is 444 g/mol. The molecule has 2 heterocycles. The van der Waals surface area contributed by atoms with Gasteiger partial charge >= 0.3 is 5.97 Å². The number of carbonyl (C=O) groups is 3. The first-order valence-corrected chi connectivity index (χ1v) is 12.0. The molecule has 1 aliphatic heterocycles. The summed E-state index contributed by atoms with van der Waals surface area (Å²) in [6, 6.07) is 0. The van der Waals surface area contributed by atoms with E-state index in [4.69, 9.17) is 4.74 Å². The second-order valence-corrected chi connectivity index (χ2v) is 10.4. The number of anilines is 1. The van der Waals surface area contributed by atoms with Crippen LogP contribution in [0.1, 0.15) is 40.6 Å². The number of nitrogens with zero attached hydrogens (tertiary/aromatic N) is 1. The highest BCUT2D eigenvalue weighted by Gasteiger charge is 2.52. The fourth-order valence-corrected chi connectivity index (χ4v) is 7.11. The topological polar surface area (TPSA) is 95.9 Å². The summed E-state index contributed by atoms with van der Waals surface area (Å²) in [7, 11) is 0. The number of thiophene rings is 1. The molecule has 2 amide bonds. The maximum atomic E-state index is 13.5. The molecule has 1 aromatic rings. The molecule has 0 spiro atoms. The Morgan fingerprint density at radius 1 is 1.16 bits per heavy atom.